The molecule has 1 fully saturated rings. The number of alkyl halides is 3. The van der Waals surface area contributed by atoms with E-state index in [1.807, 2.05) is 0 Å². The van der Waals surface area contributed by atoms with Crippen molar-refractivity contribution in [2.24, 2.45) is 16.9 Å². The molecule has 0 atom stereocenters. The molecule has 0 amide bonds. The SMILES string of the molecule is CC1(C)CCN(Cc2ccc3c(c2)c(-c2ccc(OC(F)(F)F)cc2CN)cn3CCCN)CC1. The van der Waals surface area contributed by atoms with E-state index in [0.717, 1.165) is 54.6 Å². The van der Waals surface area contributed by atoms with Crippen LogP contribution in [0.1, 0.15) is 44.2 Å². The Kier molecular flexibility index (Phi) is 7.45. The predicted molar refractivity (Wildman–Crippen MR) is 134 cm³/mol. The number of likely N-dealkylation sites (tertiary alicyclic amines) is 1. The Morgan fingerprint density at radius 1 is 1.00 bits per heavy atom. The first-order valence-corrected chi connectivity index (χ1v) is 12.2. The van der Waals surface area contributed by atoms with Crippen LogP contribution in [0, 0.1) is 5.41 Å². The summed E-state index contributed by atoms with van der Waals surface area (Å²) in [6.07, 6.45) is 0.511. The van der Waals surface area contributed by atoms with Crippen molar-refractivity contribution in [1.29, 1.82) is 0 Å². The molecule has 0 aliphatic carbocycles. The lowest BCUT2D eigenvalue weighted by atomic mass is 9.82. The molecule has 1 saturated heterocycles. The topological polar surface area (TPSA) is 69.4 Å². The van der Waals surface area contributed by atoms with Crippen molar-refractivity contribution in [1.82, 2.24) is 9.47 Å². The Hall–Kier alpha value is -2.55. The van der Waals surface area contributed by atoms with E-state index >= 15 is 0 Å². The van der Waals surface area contributed by atoms with E-state index in [1.165, 1.54) is 30.5 Å². The summed E-state index contributed by atoms with van der Waals surface area (Å²) in [4.78, 5) is 2.49. The van der Waals surface area contributed by atoms with Crippen molar-refractivity contribution in [2.75, 3.05) is 19.6 Å². The quantitative estimate of drug-likeness (QED) is 0.431. The molecule has 0 spiro atoms. The highest BCUT2D eigenvalue weighted by molar-refractivity contribution is 5.97. The lowest BCUT2D eigenvalue weighted by Crippen LogP contribution is -2.36. The number of nitrogens with zero attached hydrogens (tertiary/aromatic N) is 2. The minimum Gasteiger partial charge on any atom is -0.406 e. The molecule has 190 valence electrons. The third-order valence-corrected chi connectivity index (χ3v) is 6.98. The highest BCUT2D eigenvalue weighted by Gasteiger charge is 2.31. The van der Waals surface area contributed by atoms with E-state index in [0.29, 0.717) is 17.5 Å². The van der Waals surface area contributed by atoms with Crippen molar-refractivity contribution in [2.45, 2.75) is 59.1 Å². The van der Waals surface area contributed by atoms with E-state index in [9.17, 15) is 13.2 Å². The van der Waals surface area contributed by atoms with Gasteiger partial charge < -0.3 is 20.8 Å². The molecule has 2 heterocycles. The molecule has 1 aliphatic heterocycles. The van der Waals surface area contributed by atoms with E-state index in [2.05, 4.69) is 52.4 Å². The monoisotopic (exact) mass is 488 g/mol. The summed E-state index contributed by atoms with van der Waals surface area (Å²) >= 11 is 0. The van der Waals surface area contributed by atoms with Crippen LogP contribution in [0.15, 0.2) is 42.6 Å². The number of hydrogen-bond acceptors (Lipinski definition) is 4. The highest BCUT2D eigenvalue weighted by Crippen LogP contribution is 2.37. The Balaban J connectivity index is 1.71. The van der Waals surface area contributed by atoms with Crippen LogP contribution in [0.3, 0.4) is 0 Å². The number of nitrogens with two attached hydrogens (primary N) is 2. The van der Waals surface area contributed by atoms with Gasteiger partial charge in [0.15, 0.2) is 0 Å². The number of ether oxygens (including phenoxy) is 1. The second-order valence-electron chi connectivity index (χ2n) is 10.2. The van der Waals surface area contributed by atoms with Gasteiger partial charge in [-0.15, -0.1) is 13.2 Å². The van der Waals surface area contributed by atoms with Crippen LogP contribution >= 0.6 is 0 Å². The van der Waals surface area contributed by atoms with Gasteiger partial charge in [0.05, 0.1) is 0 Å². The maximum atomic E-state index is 12.7. The fourth-order valence-electron chi connectivity index (χ4n) is 4.88. The summed E-state index contributed by atoms with van der Waals surface area (Å²) in [5, 5.41) is 1.07. The summed E-state index contributed by atoms with van der Waals surface area (Å²) in [7, 11) is 0. The van der Waals surface area contributed by atoms with Crippen LogP contribution in [0.4, 0.5) is 13.2 Å². The van der Waals surface area contributed by atoms with Gasteiger partial charge in [-0.25, -0.2) is 0 Å². The largest absolute Gasteiger partial charge is 0.573 e. The zero-order valence-corrected chi connectivity index (χ0v) is 20.5. The first kappa shape index (κ1) is 25.5. The first-order valence-electron chi connectivity index (χ1n) is 12.2. The third-order valence-electron chi connectivity index (χ3n) is 6.98. The first-order chi connectivity index (χ1) is 16.6. The Morgan fingerprint density at radius 3 is 2.40 bits per heavy atom. The molecular weight excluding hydrogens is 453 g/mol. The second-order valence-corrected chi connectivity index (χ2v) is 10.2. The van der Waals surface area contributed by atoms with Crippen molar-refractivity contribution in [3.05, 3.63) is 53.7 Å². The predicted octanol–water partition coefficient (Wildman–Crippen LogP) is 5.64. The molecule has 5 nitrogen and oxygen atoms in total. The molecule has 35 heavy (non-hydrogen) atoms. The zero-order valence-electron chi connectivity index (χ0n) is 20.5. The van der Waals surface area contributed by atoms with Crippen molar-refractivity contribution in [3.8, 4) is 16.9 Å². The van der Waals surface area contributed by atoms with Gasteiger partial charge in [-0.1, -0.05) is 26.0 Å². The van der Waals surface area contributed by atoms with Crippen LogP contribution in [-0.4, -0.2) is 35.5 Å². The standard InChI is InChI=1S/C27H35F3N4O/c1-26(2)8-12-33(13-9-26)17-19-4-7-25-23(14-19)24(18-34(25)11-3-10-31)22-6-5-21(15-20(22)16-32)35-27(28,29)30/h4-7,14-15,18H,3,8-13,16-17,31-32H2,1-2H3. The molecule has 0 bridgehead atoms. The zero-order chi connectivity index (χ0) is 25.2. The van der Waals surface area contributed by atoms with E-state index in [-0.39, 0.29) is 12.3 Å². The summed E-state index contributed by atoms with van der Waals surface area (Å²) < 4.78 is 44.5. The van der Waals surface area contributed by atoms with E-state index < -0.39 is 6.36 Å². The molecule has 4 N–H and O–H groups in total. The van der Waals surface area contributed by atoms with Crippen LogP contribution in [-0.2, 0) is 19.6 Å². The Bertz CT molecular complexity index is 1160. The fourth-order valence-corrected chi connectivity index (χ4v) is 4.88. The molecule has 0 unspecified atom stereocenters. The van der Waals surface area contributed by atoms with E-state index in [1.54, 1.807) is 6.07 Å². The van der Waals surface area contributed by atoms with Gasteiger partial charge in [0.25, 0.3) is 0 Å². The molecule has 3 aromatic rings. The smallest absolute Gasteiger partial charge is 0.406 e. The number of piperidine rings is 1. The van der Waals surface area contributed by atoms with Gasteiger partial charge >= 0.3 is 6.36 Å². The number of benzene rings is 2. The van der Waals surface area contributed by atoms with Crippen LogP contribution in [0.2, 0.25) is 0 Å². The molecular formula is C27H35F3N4O. The van der Waals surface area contributed by atoms with Gasteiger partial charge in [0.1, 0.15) is 5.75 Å². The molecule has 0 radical (unpaired) electrons. The fraction of sp³-hybridized carbons (Fsp3) is 0.481. The Labute approximate surface area is 204 Å². The molecule has 0 saturated carbocycles. The maximum Gasteiger partial charge on any atom is 0.573 e. The van der Waals surface area contributed by atoms with Crippen molar-refractivity contribution in [3.63, 3.8) is 0 Å². The van der Waals surface area contributed by atoms with Gasteiger partial charge in [0.2, 0.25) is 0 Å². The van der Waals surface area contributed by atoms with Gasteiger partial charge in [0, 0.05) is 42.3 Å². The van der Waals surface area contributed by atoms with E-state index in [4.69, 9.17) is 11.5 Å². The highest BCUT2D eigenvalue weighted by atomic mass is 19.4. The average Bonchev–Trinajstić information content (AvgIpc) is 3.15. The normalized spacial score (nSPS) is 16.7. The van der Waals surface area contributed by atoms with Gasteiger partial charge in [-0.2, -0.15) is 0 Å². The summed E-state index contributed by atoms with van der Waals surface area (Å²) in [6, 6.07) is 10.9. The number of hydrogen-bond donors (Lipinski definition) is 2. The lowest BCUT2D eigenvalue weighted by Gasteiger charge is -2.36. The van der Waals surface area contributed by atoms with Crippen LogP contribution in [0.25, 0.3) is 22.0 Å². The maximum absolute atomic E-state index is 12.7. The molecule has 4 rings (SSSR count). The van der Waals surface area contributed by atoms with Gasteiger partial charge in [-0.3, -0.25) is 4.90 Å². The minimum atomic E-state index is -4.75. The number of aryl methyl sites for hydroxylation is 1. The lowest BCUT2D eigenvalue weighted by molar-refractivity contribution is -0.274. The molecule has 1 aromatic heterocycles. The number of aromatic nitrogens is 1. The number of halogens is 3. The van der Waals surface area contributed by atoms with Crippen molar-refractivity contribution >= 4 is 10.9 Å². The van der Waals surface area contributed by atoms with Crippen molar-refractivity contribution < 1.29 is 17.9 Å². The van der Waals surface area contributed by atoms with Crippen LogP contribution in [0.5, 0.6) is 5.75 Å². The second kappa shape index (κ2) is 10.2. The minimum absolute atomic E-state index is 0.100. The molecule has 8 heteroatoms. The summed E-state index contributed by atoms with van der Waals surface area (Å²) in [5.41, 5.74) is 16.8. The summed E-state index contributed by atoms with van der Waals surface area (Å²) in [5.74, 6) is -0.262. The molecule has 1 aliphatic rings. The van der Waals surface area contributed by atoms with Crippen LogP contribution < -0.4 is 16.2 Å². The number of fused-ring (bicyclic) bond motifs is 1. The van der Waals surface area contributed by atoms with Gasteiger partial charge in [-0.05, 0) is 85.3 Å². The average molecular weight is 489 g/mol. The summed E-state index contributed by atoms with van der Waals surface area (Å²) in [6.45, 7) is 9.13. The number of rotatable bonds is 8. The Morgan fingerprint density at radius 2 is 1.74 bits per heavy atom. The molecule has 2 aromatic carbocycles. The third kappa shape index (κ3) is 6.18.